The number of terminal acetylenes is 1. The van der Waals surface area contributed by atoms with E-state index in [1.807, 2.05) is 25.2 Å². The summed E-state index contributed by atoms with van der Waals surface area (Å²) in [6, 6.07) is 0. The number of Topliss-reactive ketones (excluding diaryl/α,β-unsaturated/α-hetero) is 1. The maximum atomic E-state index is 11.5. The van der Waals surface area contributed by atoms with Crippen molar-refractivity contribution in [2.45, 2.75) is 13.3 Å². The van der Waals surface area contributed by atoms with Gasteiger partial charge >= 0.3 is 0 Å². The summed E-state index contributed by atoms with van der Waals surface area (Å²) in [4.78, 5) is 22.6. The Hall–Kier alpha value is -1.88. The molecule has 2 heteroatoms. The minimum absolute atomic E-state index is 0.0107. The second-order valence-electron chi connectivity index (χ2n) is 4.36. The van der Waals surface area contributed by atoms with Gasteiger partial charge < -0.3 is 0 Å². The largest absolute Gasteiger partial charge is 0.290 e. The van der Waals surface area contributed by atoms with Crippen LogP contribution in [-0.2, 0) is 9.59 Å². The van der Waals surface area contributed by atoms with Gasteiger partial charge in [0.15, 0.2) is 5.78 Å². The summed E-state index contributed by atoms with van der Waals surface area (Å²) in [5.41, 5.74) is 0.404. The summed E-state index contributed by atoms with van der Waals surface area (Å²) in [6.45, 7) is 1.98. The molecule has 0 heterocycles. The van der Waals surface area contributed by atoms with Gasteiger partial charge in [-0.15, -0.1) is 6.42 Å². The third kappa shape index (κ3) is 1.65. The van der Waals surface area contributed by atoms with Crippen LogP contribution >= 0.6 is 0 Å². The number of carbonyl (C=O) groups is 2. The summed E-state index contributed by atoms with van der Waals surface area (Å²) in [7, 11) is 0. The van der Waals surface area contributed by atoms with Gasteiger partial charge in [0.25, 0.3) is 0 Å². The fourth-order valence-electron chi connectivity index (χ4n) is 2.32. The van der Waals surface area contributed by atoms with Crippen molar-refractivity contribution >= 4 is 11.6 Å². The molecule has 0 aromatic rings. The van der Waals surface area contributed by atoms with Crippen molar-refractivity contribution in [3.8, 4) is 12.3 Å². The highest BCUT2D eigenvalue weighted by Gasteiger charge is 2.36. The predicted octanol–water partition coefficient (Wildman–Crippen LogP) is 1.84. The molecular formula is C14H12O2. The van der Waals surface area contributed by atoms with E-state index in [9.17, 15) is 9.59 Å². The highest BCUT2D eigenvalue weighted by molar-refractivity contribution is 6.09. The third-order valence-corrected chi connectivity index (χ3v) is 3.12. The van der Waals surface area contributed by atoms with E-state index in [1.165, 1.54) is 0 Å². The van der Waals surface area contributed by atoms with Crippen molar-refractivity contribution in [1.82, 2.24) is 0 Å². The van der Waals surface area contributed by atoms with E-state index in [2.05, 4.69) is 5.92 Å². The third-order valence-electron chi connectivity index (χ3n) is 3.12. The molecule has 1 spiro atoms. The SMILES string of the molecule is C#CC(=O)C1=CC2(C=CC(=O)C=C2)CC1C. The molecule has 1 unspecified atom stereocenters. The fourth-order valence-corrected chi connectivity index (χ4v) is 2.32. The van der Waals surface area contributed by atoms with E-state index in [0.29, 0.717) is 5.57 Å². The Morgan fingerprint density at radius 3 is 2.69 bits per heavy atom. The molecule has 0 amide bonds. The van der Waals surface area contributed by atoms with Crippen LogP contribution in [0.1, 0.15) is 13.3 Å². The van der Waals surface area contributed by atoms with Crippen LogP contribution in [0.15, 0.2) is 36.0 Å². The Kier molecular flexibility index (Phi) is 2.40. The summed E-state index contributed by atoms with van der Waals surface area (Å²) in [6.07, 6.45) is 14.6. The topological polar surface area (TPSA) is 34.1 Å². The molecule has 2 aliphatic carbocycles. The monoisotopic (exact) mass is 212 g/mol. The van der Waals surface area contributed by atoms with E-state index in [4.69, 9.17) is 6.42 Å². The molecular weight excluding hydrogens is 200 g/mol. The van der Waals surface area contributed by atoms with Crippen LogP contribution in [0.4, 0.5) is 0 Å². The Bertz CT molecular complexity index is 467. The number of ketones is 2. The Labute approximate surface area is 94.7 Å². The summed E-state index contributed by atoms with van der Waals surface area (Å²) in [5.74, 6) is 2.03. The second kappa shape index (κ2) is 3.61. The smallest absolute Gasteiger partial charge is 0.231 e. The van der Waals surface area contributed by atoms with E-state index in [0.717, 1.165) is 6.42 Å². The summed E-state index contributed by atoms with van der Waals surface area (Å²) in [5, 5.41) is 0. The minimum atomic E-state index is -0.283. The molecule has 16 heavy (non-hydrogen) atoms. The second-order valence-corrected chi connectivity index (χ2v) is 4.36. The van der Waals surface area contributed by atoms with Gasteiger partial charge in [0.1, 0.15) is 0 Å². The molecule has 0 aliphatic heterocycles. The molecule has 1 atom stereocenters. The van der Waals surface area contributed by atoms with Crippen molar-refractivity contribution in [3.63, 3.8) is 0 Å². The van der Waals surface area contributed by atoms with Gasteiger partial charge in [-0.1, -0.05) is 25.2 Å². The zero-order valence-electron chi connectivity index (χ0n) is 9.07. The number of carbonyl (C=O) groups excluding carboxylic acids is 2. The maximum Gasteiger partial charge on any atom is 0.231 e. The predicted molar refractivity (Wildman–Crippen MR) is 61.4 cm³/mol. The van der Waals surface area contributed by atoms with Gasteiger partial charge in [0.2, 0.25) is 5.78 Å². The first-order valence-corrected chi connectivity index (χ1v) is 5.22. The van der Waals surface area contributed by atoms with E-state index >= 15 is 0 Å². The molecule has 0 N–H and O–H groups in total. The van der Waals surface area contributed by atoms with E-state index in [-0.39, 0.29) is 22.9 Å². The molecule has 2 aliphatic rings. The minimum Gasteiger partial charge on any atom is -0.290 e. The zero-order chi connectivity index (χ0) is 11.8. The Morgan fingerprint density at radius 2 is 2.12 bits per heavy atom. The Balaban J connectivity index is 2.36. The Morgan fingerprint density at radius 1 is 1.50 bits per heavy atom. The lowest BCUT2D eigenvalue weighted by Gasteiger charge is -2.21. The number of hydrogen-bond donors (Lipinski definition) is 0. The maximum absolute atomic E-state index is 11.5. The summed E-state index contributed by atoms with van der Waals surface area (Å²) >= 11 is 0. The molecule has 2 nitrogen and oxygen atoms in total. The van der Waals surface area contributed by atoms with Crippen LogP contribution in [0.5, 0.6) is 0 Å². The fraction of sp³-hybridized carbons (Fsp3) is 0.286. The van der Waals surface area contributed by atoms with Crippen molar-refractivity contribution in [3.05, 3.63) is 36.0 Å². The first-order valence-electron chi connectivity index (χ1n) is 5.22. The highest BCUT2D eigenvalue weighted by atomic mass is 16.1. The average molecular weight is 212 g/mol. The lowest BCUT2D eigenvalue weighted by atomic mass is 9.82. The van der Waals surface area contributed by atoms with E-state index in [1.54, 1.807) is 12.2 Å². The van der Waals surface area contributed by atoms with Crippen LogP contribution < -0.4 is 0 Å². The van der Waals surface area contributed by atoms with Crippen molar-refractivity contribution in [2.24, 2.45) is 11.3 Å². The number of allylic oxidation sites excluding steroid dienone is 6. The standard InChI is InChI=1S/C14H12O2/c1-3-13(16)12-9-14(8-10(12)2)6-4-11(15)5-7-14/h1,4-7,9-10H,8H2,2H3. The molecule has 0 fully saturated rings. The number of hydrogen-bond acceptors (Lipinski definition) is 2. The molecule has 0 saturated heterocycles. The molecule has 80 valence electrons. The molecule has 0 bridgehead atoms. The highest BCUT2D eigenvalue weighted by Crippen LogP contribution is 2.43. The summed E-state index contributed by atoms with van der Waals surface area (Å²) < 4.78 is 0. The van der Waals surface area contributed by atoms with E-state index < -0.39 is 0 Å². The van der Waals surface area contributed by atoms with Crippen LogP contribution in [0.2, 0.25) is 0 Å². The van der Waals surface area contributed by atoms with Crippen LogP contribution in [0.3, 0.4) is 0 Å². The first kappa shape index (κ1) is 10.6. The zero-order valence-corrected chi connectivity index (χ0v) is 9.07. The van der Waals surface area contributed by atoms with Gasteiger partial charge in [-0.05, 0) is 30.4 Å². The van der Waals surface area contributed by atoms with Crippen LogP contribution in [0, 0.1) is 23.7 Å². The molecule has 2 rings (SSSR count). The lowest BCUT2D eigenvalue weighted by molar-refractivity contribution is -0.111. The quantitative estimate of drug-likeness (QED) is 0.491. The van der Waals surface area contributed by atoms with Crippen molar-refractivity contribution in [1.29, 1.82) is 0 Å². The molecule has 0 radical (unpaired) electrons. The molecule has 0 aromatic heterocycles. The van der Waals surface area contributed by atoms with Crippen LogP contribution in [-0.4, -0.2) is 11.6 Å². The first-order chi connectivity index (χ1) is 7.56. The number of rotatable bonds is 1. The molecule has 0 saturated carbocycles. The van der Waals surface area contributed by atoms with Crippen LogP contribution in [0.25, 0.3) is 0 Å². The van der Waals surface area contributed by atoms with Gasteiger partial charge in [-0.3, -0.25) is 9.59 Å². The van der Waals surface area contributed by atoms with Gasteiger partial charge in [0.05, 0.1) is 0 Å². The average Bonchev–Trinajstić information content (AvgIpc) is 2.60. The van der Waals surface area contributed by atoms with Crippen molar-refractivity contribution in [2.75, 3.05) is 0 Å². The van der Waals surface area contributed by atoms with Crippen molar-refractivity contribution < 1.29 is 9.59 Å². The molecule has 0 aromatic carbocycles. The van der Waals surface area contributed by atoms with Gasteiger partial charge in [0, 0.05) is 11.0 Å². The van der Waals surface area contributed by atoms with Gasteiger partial charge in [-0.2, -0.15) is 0 Å². The lowest BCUT2D eigenvalue weighted by Crippen LogP contribution is -2.13. The van der Waals surface area contributed by atoms with Gasteiger partial charge in [-0.25, -0.2) is 0 Å². The normalized spacial score (nSPS) is 25.6.